The molecular formula is C10H20ClN3O2. The minimum absolute atomic E-state index is 0. The van der Waals surface area contributed by atoms with E-state index in [1.165, 1.54) is 0 Å². The molecule has 2 amide bonds. The van der Waals surface area contributed by atoms with Crippen LogP contribution in [0.4, 0.5) is 0 Å². The molecule has 94 valence electrons. The topological polar surface area (TPSA) is 84.2 Å². The van der Waals surface area contributed by atoms with Gasteiger partial charge in [0, 0.05) is 6.54 Å². The number of rotatable bonds is 4. The monoisotopic (exact) mass is 249 g/mol. The van der Waals surface area contributed by atoms with E-state index in [1.54, 1.807) is 13.8 Å². The Labute approximate surface area is 102 Å². The van der Waals surface area contributed by atoms with E-state index in [0.29, 0.717) is 6.54 Å². The van der Waals surface area contributed by atoms with Gasteiger partial charge in [-0.3, -0.25) is 9.59 Å². The van der Waals surface area contributed by atoms with E-state index in [-0.39, 0.29) is 24.4 Å². The Balaban J connectivity index is 0.00000225. The maximum absolute atomic E-state index is 11.6. The van der Waals surface area contributed by atoms with Crippen LogP contribution in [0.2, 0.25) is 0 Å². The van der Waals surface area contributed by atoms with Crippen molar-refractivity contribution in [3.8, 4) is 0 Å². The maximum atomic E-state index is 11.6. The third-order valence-electron chi connectivity index (χ3n) is 2.75. The Hall–Kier alpha value is -0.810. The van der Waals surface area contributed by atoms with Crippen LogP contribution in [-0.4, -0.2) is 30.9 Å². The molecule has 0 aromatic rings. The number of primary amides is 1. The van der Waals surface area contributed by atoms with E-state index in [4.69, 9.17) is 5.73 Å². The summed E-state index contributed by atoms with van der Waals surface area (Å²) in [6.07, 6.45) is 1.89. The second kappa shape index (κ2) is 6.06. The lowest BCUT2D eigenvalue weighted by molar-refractivity contribution is -0.127. The number of amides is 2. The molecule has 1 saturated heterocycles. The molecule has 0 bridgehead atoms. The summed E-state index contributed by atoms with van der Waals surface area (Å²) in [5.41, 5.74) is 4.52. The van der Waals surface area contributed by atoms with Gasteiger partial charge in [-0.1, -0.05) is 0 Å². The second-order valence-electron chi connectivity index (χ2n) is 4.61. The molecule has 0 radical (unpaired) electrons. The number of halogens is 1. The predicted octanol–water partition coefficient (Wildman–Crippen LogP) is -0.212. The average molecular weight is 250 g/mol. The van der Waals surface area contributed by atoms with E-state index < -0.39 is 11.3 Å². The van der Waals surface area contributed by atoms with Crippen LogP contribution in [0.3, 0.4) is 0 Å². The van der Waals surface area contributed by atoms with Crippen LogP contribution in [0, 0.1) is 5.41 Å². The van der Waals surface area contributed by atoms with Gasteiger partial charge in [-0.2, -0.15) is 0 Å². The fourth-order valence-corrected chi connectivity index (χ4v) is 1.43. The Kier molecular flexibility index (Phi) is 5.75. The Morgan fingerprint density at radius 1 is 1.50 bits per heavy atom. The van der Waals surface area contributed by atoms with Crippen molar-refractivity contribution in [3.05, 3.63) is 0 Å². The lowest BCUT2D eigenvalue weighted by Gasteiger charge is -2.22. The predicted molar refractivity (Wildman–Crippen MR) is 64.3 cm³/mol. The molecule has 0 aliphatic carbocycles. The molecule has 1 rings (SSSR count). The molecule has 0 aromatic carbocycles. The number of carbonyl (C=O) groups is 2. The van der Waals surface area contributed by atoms with Crippen molar-refractivity contribution in [2.45, 2.75) is 32.7 Å². The van der Waals surface area contributed by atoms with Crippen LogP contribution in [-0.2, 0) is 9.59 Å². The highest BCUT2D eigenvalue weighted by molar-refractivity contribution is 5.85. The zero-order chi connectivity index (χ0) is 11.5. The molecule has 5 nitrogen and oxygen atoms in total. The smallest absolute Gasteiger partial charge is 0.237 e. The zero-order valence-corrected chi connectivity index (χ0v) is 10.5. The standard InChI is InChI=1S/C10H19N3O2.ClH/c1-10(2,9(11)15)6-13-8(14)7-4-3-5-12-7;/h7,12H,3-6H2,1-2H3,(H2,11,15)(H,13,14);1H/t7-;/m0./s1. The van der Waals surface area contributed by atoms with Gasteiger partial charge < -0.3 is 16.4 Å². The summed E-state index contributed by atoms with van der Waals surface area (Å²) < 4.78 is 0. The highest BCUT2D eigenvalue weighted by atomic mass is 35.5. The van der Waals surface area contributed by atoms with Gasteiger partial charge >= 0.3 is 0 Å². The normalized spacial score (nSPS) is 20.0. The van der Waals surface area contributed by atoms with Gasteiger partial charge in [-0.15, -0.1) is 12.4 Å². The first-order valence-electron chi connectivity index (χ1n) is 5.24. The van der Waals surface area contributed by atoms with Crippen molar-refractivity contribution in [2.24, 2.45) is 11.1 Å². The lowest BCUT2D eigenvalue weighted by atomic mass is 9.92. The molecule has 0 spiro atoms. The van der Waals surface area contributed by atoms with Gasteiger partial charge in [-0.25, -0.2) is 0 Å². The first-order valence-corrected chi connectivity index (χ1v) is 5.24. The minimum atomic E-state index is -0.686. The lowest BCUT2D eigenvalue weighted by Crippen LogP contribution is -2.47. The van der Waals surface area contributed by atoms with Crippen LogP contribution >= 0.6 is 12.4 Å². The Morgan fingerprint density at radius 3 is 2.56 bits per heavy atom. The fraction of sp³-hybridized carbons (Fsp3) is 0.800. The van der Waals surface area contributed by atoms with Crippen molar-refractivity contribution in [2.75, 3.05) is 13.1 Å². The van der Waals surface area contributed by atoms with Gasteiger partial charge in [0.2, 0.25) is 11.8 Å². The molecule has 4 N–H and O–H groups in total. The third-order valence-corrected chi connectivity index (χ3v) is 2.75. The molecule has 16 heavy (non-hydrogen) atoms. The quantitative estimate of drug-likeness (QED) is 0.645. The van der Waals surface area contributed by atoms with Gasteiger partial charge in [0.1, 0.15) is 0 Å². The van der Waals surface area contributed by atoms with Crippen LogP contribution in [0.5, 0.6) is 0 Å². The molecule has 1 aliphatic heterocycles. The number of nitrogens with one attached hydrogen (secondary N) is 2. The van der Waals surface area contributed by atoms with E-state index >= 15 is 0 Å². The van der Waals surface area contributed by atoms with Crippen molar-refractivity contribution in [3.63, 3.8) is 0 Å². The average Bonchev–Trinajstić information content (AvgIpc) is 2.66. The summed E-state index contributed by atoms with van der Waals surface area (Å²) in [4.78, 5) is 22.6. The summed E-state index contributed by atoms with van der Waals surface area (Å²) in [6, 6.07) is -0.103. The van der Waals surface area contributed by atoms with Gasteiger partial charge in [-0.05, 0) is 33.2 Å². The van der Waals surface area contributed by atoms with Crippen LogP contribution in [0.1, 0.15) is 26.7 Å². The summed E-state index contributed by atoms with van der Waals surface area (Å²) in [5, 5.41) is 5.84. The highest BCUT2D eigenvalue weighted by Gasteiger charge is 2.28. The first kappa shape index (κ1) is 15.2. The molecule has 6 heteroatoms. The second-order valence-corrected chi connectivity index (χ2v) is 4.61. The van der Waals surface area contributed by atoms with Crippen molar-refractivity contribution in [1.82, 2.24) is 10.6 Å². The number of hydrogen-bond donors (Lipinski definition) is 3. The molecule has 1 fully saturated rings. The molecule has 1 atom stereocenters. The van der Waals surface area contributed by atoms with Gasteiger partial charge in [0.25, 0.3) is 0 Å². The molecule has 0 saturated carbocycles. The van der Waals surface area contributed by atoms with Gasteiger partial charge in [0.15, 0.2) is 0 Å². The largest absolute Gasteiger partial charge is 0.369 e. The van der Waals surface area contributed by atoms with E-state index in [0.717, 1.165) is 19.4 Å². The highest BCUT2D eigenvalue weighted by Crippen LogP contribution is 2.12. The molecule has 0 unspecified atom stereocenters. The van der Waals surface area contributed by atoms with Crippen molar-refractivity contribution < 1.29 is 9.59 Å². The SMILES string of the molecule is CC(C)(CNC(=O)[C@@H]1CCCN1)C(N)=O.Cl. The molecule has 1 aliphatic rings. The molecular weight excluding hydrogens is 230 g/mol. The van der Waals surface area contributed by atoms with Crippen molar-refractivity contribution in [1.29, 1.82) is 0 Å². The van der Waals surface area contributed by atoms with E-state index in [2.05, 4.69) is 10.6 Å². The first-order chi connectivity index (χ1) is 6.93. The van der Waals surface area contributed by atoms with E-state index in [9.17, 15) is 9.59 Å². The Morgan fingerprint density at radius 2 is 2.12 bits per heavy atom. The summed E-state index contributed by atoms with van der Waals surface area (Å²) in [7, 11) is 0. The molecule has 1 heterocycles. The molecule has 0 aromatic heterocycles. The van der Waals surface area contributed by atoms with Crippen LogP contribution in [0.15, 0.2) is 0 Å². The summed E-state index contributed by atoms with van der Waals surface area (Å²) in [5.74, 6) is -0.441. The Bertz CT molecular complexity index is 263. The minimum Gasteiger partial charge on any atom is -0.369 e. The maximum Gasteiger partial charge on any atom is 0.237 e. The van der Waals surface area contributed by atoms with E-state index in [1.807, 2.05) is 0 Å². The number of nitrogens with two attached hydrogens (primary N) is 1. The summed E-state index contributed by atoms with van der Waals surface area (Å²) >= 11 is 0. The van der Waals surface area contributed by atoms with Gasteiger partial charge in [0.05, 0.1) is 11.5 Å². The number of hydrogen-bond acceptors (Lipinski definition) is 3. The number of carbonyl (C=O) groups excluding carboxylic acids is 2. The van der Waals surface area contributed by atoms with Crippen LogP contribution in [0.25, 0.3) is 0 Å². The third kappa shape index (κ3) is 3.98. The van der Waals surface area contributed by atoms with Crippen molar-refractivity contribution >= 4 is 24.2 Å². The summed E-state index contributed by atoms with van der Waals surface area (Å²) in [6.45, 7) is 4.62. The van der Waals surface area contributed by atoms with Crippen LogP contribution < -0.4 is 16.4 Å². The fourth-order valence-electron chi connectivity index (χ4n) is 1.43. The zero-order valence-electron chi connectivity index (χ0n) is 9.71.